The second-order valence-electron chi connectivity index (χ2n) is 3.59. The molecule has 0 unspecified atom stereocenters. The predicted octanol–water partition coefficient (Wildman–Crippen LogP) is 3.47. The van der Waals surface area contributed by atoms with Crippen molar-refractivity contribution < 1.29 is 4.39 Å². The number of hydrogen-bond acceptors (Lipinski definition) is 3. The van der Waals surface area contributed by atoms with Crippen LogP contribution in [0.2, 0.25) is 5.02 Å². The van der Waals surface area contributed by atoms with E-state index in [1.807, 2.05) is 6.92 Å². The fourth-order valence-electron chi connectivity index (χ4n) is 1.57. The number of aryl methyl sites for hydroxylation is 1. The molecule has 96 valence electrons. The summed E-state index contributed by atoms with van der Waals surface area (Å²) in [4.78, 5) is 4.14. The summed E-state index contributed by atoms with van der Waals surface area (Å²) in [6, 6.07) is 2.62. The van der Waals surface area contributed by atoms with Crippen molar-refractivity contribution in [3.63, 3.8) is 0 Å². The summed E-state index contributed by atoms with van der Waals surface area (Å²) in [5.74, 6) is 0.416. The van der Waals surface area contributed by atoms with Crippen molar-refractivity contribution in [3.8, 4) is 0 Å². The van der Waals surface area contributed by atoms with Crippen LogP contribution in [-0.2, 0) is 13.1 Å². The molecule has 2 rings (SSSR count). The van der Waals surface area contributed by atoms with E-state index in [1.165, 1.54) is 18.5 Å². The monoisotopic (exact) mass is 332 g/mol. The molecule has 0 spiro atoms. The number of hydrogen-bond donors (Lipinski definition) is 1. The smallest absolute Gasteiger partial charge is 0.146 e. The molecule has 0 atom stereocenters. The first kappa shape index (κ1) is 13.3. The van der Waals surface area contributed by atoms with E-state index in [0.717, 1.165) is 12.4 Å². The highest BCUT2D eigenvalue weighted by atomic mass is 79.9. The van der Waals surface area contributed by atoms with Gasteiger partial charge in [0.25, 0.3) is 0 Å². The molecular weight excluding hydrogens is 323 g/mol. The Labute approximate surface area is 117 Å². The van der Waals surface area contributed by atoms with Gasteiger partial charge in [-0.25, -0.2) is 14.1 Å². The highest BCUT2D eigenvalue weighted by Gasteiger charge is 2.09. The van der Waals surface area contributed by atoms with E-state index in [9.17, 15) is 4.39 Å². The SMILES string of the molecule is CCn1ncnc1CNc1c(Cl)cc(F)cc1Br. The lowest BCUT2D eigenvalue weighted by molar-refractivity contribution is 0.621. The van der Waals surface area contributed by atoms with Gasteiger partial charge >= 0.3 is 0 Å². The summed E-state index contributed by atoms with van der Waals surface area (Å²) in [5, 5.41) is 7.51. The zero-order valence-electron chi connectivity index (χ0n) is 9.62. The van der Waals surface area contributed by atoms with Crippen LogP contribution in [-0.4, -0.2) is 14.8 Å². The number of nitrogens with zero attached hydrogens (tertiary/aromatic N) is 3. The summed E-state index contributed by atoms with van der Waals surface area (Å²) in [5.41, 5.74) is 0.642. The molecular formula is C11H11BrClFN4. The zero-order valence-corrected chi connectivity index (χ0v) is 12.0. The minimum absolute atomic E-state index is 0.324. The number of aromatic nitrogens is 3. The van der Waals surface area contributed by atoms with Crippen LogP contribution in [0.25, 0.3) is 0 Å². The quantitative estimate of drug-likeness (QED) is 0.931. The van der Waals surface area contributed by atoms with Gasteiger partial charge in [0.2, 0.25) is 0 Å². The normalized spacial score (nSPS) is 10.7. The molecule has 0 fully saturated rings. The Morgan fingerprint density at radius 2 is 2.28 bits per heavy atom. The van der Waals surface area contributed by atoms with Gasteiger partial charge in [0.1, 0.15) is 18.0 Å². The van der Waals surface area contributed by atoms with Crippen LogP contribution < -0.4 is 5.32 Å². The lowest BCUT2D eigenvalue weighted by Crippen LogP contribution is -2.09. The van der Waals surface area contributed by atoms with Crippen LogP contribution in [0.5, 0.6) is 0 Å². The molecule has 4 nitrogen and oxygen atoms in total. The van der Waals surface area contributed by atoms with Gasteiger partial charge < -0.3 is 5.32 Å². The second kappa shape index (κ2) is 5.67. The molecule has 0 saturated heterocycles. The van der Waals surface area contributed by atoms with Crippen molar-refractivity contribution in [1.82, 2.24) is 14.8 Å². The minimum atomic E-state index is -0.380. The van der Waals surface area contributed by atoms with Crippen molar-refractivity contribution in [2.24, 2.45) is 0 Å². The molecule has 0 saturated carbocycles. The maximum Gasteiger partial charge on any atom is 0.146 e. The summed E-state index contributed by atoms with van der Waals surface area (Å²) in [6.07, 6.45) is 1.50. The Morgan fingerprint density at radius 1 is 1.50 bits per heavy atom. The molecule has 1 aromatic heterocycles. The highest BCUT2D eigenvalue weighted by molar-refractivity contribution is 9.10. The van der Waals surface area contributed by atoms with Crippen LogP contribution in [0, 0.1) is 5.82 Å². The summed E-state index contributed by atoms with van der Waals surface area (Å²) < 4.78 is 15.4. The fraction of sp³-hybridized carbons (Fsp3) is 0.273. The van der Waals surface area contributed by atoms with Gasteiger partial charge in [-0.2, -0.15) is 5.10 Å². The van der Waals surface area contributed by atoms with E-state index >= 15 is 0 Å². The van der Waals surface area contributed by atoms with Gasteiger partial charge in [-0.05, 0) is 35.0 Å². The molecule has 0 amide bonds. The van der Waals surface area contributed by atoms with Crippen molar-refractivity contribution in [2.45, 2.75) is 20.0 Å². The van der Waals surface area contributed by atoms with Crippen LogP contribution in [0.15, 0.2) is 22.9 Å². The molecule has 0 aliphatic rings. The molecule has 0 bridgehead atoms. The van der Waals surface area contributed by atoms with E-state index in [4.69, 9.17) is 11.6 Å². The highest BCUT2D eigenvalue weighted by Crippen LogP contribution is 2.31. The van der Waals surface area contributed by atoms with Crippen LogP contribution in [0.4, 0.5) is 10.1 Å². The van der Waals surface area contributed by atoms with Crippen molar-refractivity contribution >= 4 is 33.2 Å². The molecule has 2 aromatic rings. The third-order valence-corrected chi connectivity index (χ3v) is 3.35. The first-order chi connectivity index (χ1) is 8.61. The van der Waals surface area contributed by atoms with Crippen LogP contribution in [0.1, 0.15) is 12.7 Å². The number of rotatable bonds is 4. The average molecular weight is 334 g/mol. The first-order valence-electron chi connectivity index (χ1n) is 5.37. The standard InChI is InChI=1S/C11H11BrClFN4/c1-2-18-10(16-6-17-18)5-15-11-8(12)3-7(14)4-9(11)13/h3-4,6,15H,2,5H2,1H3. The maximum absolute atomic E-state index is 13.1. The first-order valence-corrected chi connectivity index (χ1v) is 6.54. The average Bonchev–Trinajstić information content (AvgIpc) is 2.75. The molecule has 0 radical (unpaired) electrons. The lowest BCUT2D eigenvalue weighted by atomic mass is 10.3. The Bertz CT molecular complexity index is 535. The molecule has 0 aliphatic heterocycles. The second-order valence-corrected chi connectivity index (χ2v) is 4.85. The Balaban J connectivity index is 2.16. The Hall–Kier alpha value is -1.14. The fourth-order valence-corrected chi connectivity index (χ4v) is 2.53. The number of benzene rings is 1. The third kappa shape index (κ3) is 2.81. The number of nitrogens with one attached hydrogen (secondary N) is 1. The van der Waals surface area contributed by atoms with Gasteiger partial charge in [-0.1, -0.05) is 11.6 Å². The molecule has 18 heavy (non-hydrogen) atoms. The Morgan fingerprint density at radius 3 is 2.94 bits per heavy atom. The van der Waals surface area contributed by atoms with Gasteiger partial charge in [-0.15, -0.1) is 0 Å². The molecule has 1 N–H and O–H groups in total. The van der Waals surface area contributed by atoms with E-state index in [0.29, 0.717) is 21.7 Å². The van der Waals surface area contributed by atoms with E-state index in [-0.39, 0.29) is 5.82 Å². The van der Waals surface area contributed by atoms with Crippen molar-refractivity contribution in [3.05, 3.63) is 39.6 Å². The topological polar surface area (TPSA) is 42.7 Å². The molecule has 0 aliphatic carbocycles. The molecule has 1 aromatic carbocycles. The van der Waals surface area contributed by atoms with E-state index in [2.05, 4.69) is 31.3 Å². The summed E-state index contributed by atoms with van der Waals surface area (Å²) >= 11 is 9.24. The lowest BCUT2D eigenvalue weighted by Gasteiger charge is -2.10. The van der Waals surface area contributed by atoms with Gasteiger partial charge in [0.05, 0.1) is 17.3 Å². The summed E-state index contributed by atoms with van der Waals surface area (Å²) in [7, 11) is 0. The van der Waals surface area contributed by atoms with Gasteiger partial charge in [-0.3, -0.25) is 0 Å². The van der Waals surface area contributed by atoms with Crippen molar-refractivity contribution in [2.75, 3.05) is 5.32 Å². The predicted molar refractivity (Wildman–Crippen MR) is 72.1 cm³/mol. The zero-order chi connectivity index (χ0) is 13.1. The molecule has 7 heteroatoms. The number of halogens is 3. The van der Waals surface area contributed by atoms with E-state index in [1.54, 1.807) is 4.68 Å². The number of anilines is 1. The Kier molecular flexibility index (Phi) is 4.19. The van der Waals surface area contributed by atoms with E-state index < -0.39 is 0 Å². The van der Waals surface area contributed by atoms with Gasteiger partial charge in [0, 0.05) is 11.0 Å². The molecule has 1 heterocycles. The van der Waals surface area contributed by atoms with Crippen molar-refractivity contribution in [1.29, 1.82) is 0 Å². The van der Waals surface area contributed by atoms with Crippen LogP contribution in [0.3, 0.4) is 0 Å². The van der Waals surface area contributed by atoms with Gasteiger partial charge in [0.15, 0.2) is 0 Å². The minimum Gasteiger partial charge on any atom is -0.376 e. The largest absolute Gasteiger partial charge is 0.376 e. The third-order valence-electron chi connectivity index (χ3n) is 2.43. The summed E-state index contributed by atoms with van der Waals surface area (Å²) in [6.45, 7) is 3.20. The van der Waals surface area contributed by atoms with Crippen LogP contribution >= 0.6 is 27.5 Å². The maximum atomic E-state index is 13.1.